The van der Waals surface area contributed by atoms with Crippen LogP contribution in [0.4, 0.5) is 4.39 Å². The summed E-state index contributed by atoms with van der Waals surface area (Å²) in [5.74, 6) is 0.956. The van der Waals surface area contributed by atoms with Crippen LogP contribution < -0.4 is 4.74 Å². The monoisotopic (exact) mass is 425 g/mol. The van der Waals surface area contributed by atoms with E-state index < -0.39 is 0 Å². The van der Waals surface area contributed by atoms with E-state index in [-0.39, 0.29) is 11.7 Å². The summed E-state index contributed by atoms with van der Waals surface area (Å²) in [4.78, 5) is 23.4. The second-order valence-corrected chi connectivity index (χ2v) is 7.78. The van der Waals surface area contributed by atoms with Crippen LogP contribution in [-0.4, -0.2) is 20.8 Å². The Hall–Kier alpha value is -4.06. The molecule has 32 heavy (non-hydrogen) atoms. The molecule has 1 aliphatic heterocycles. The minimum Gasteiger partial charge on any atom is -0.457 e. The highest BCUT2D eigenvalue weighted by molar-refractivity contribution is 6.00. The molecule has 1 amide bonds. The molecule has 0 spiro atoms. The van der Waals surface area contributed by atoms with Gasteiger partial charge in [0.05, 0.1) is 11.9 Å². The van der Waals surface area contributed by atoms with Gasteiger partial charge >= 0.3 is 0 Å². The average molecular weight is 425 g/mol. The first-order chi connectivity index (χ1) is 15.6. The second-order valence-electron chi connectivity index (χ2n) is 7.78. The first kappa shape index (κ1) is 19.9. The van der Waals surface area contributed by atoms with Gasteiger partial charge in [0.2, 0.25) is 0 Å². The largest absolute Gasteiger partial charge is 0.457 e. The van der Waals surface area contributed by atoms with Gasteiger partial charge in [-0.3, -0.25) is 14.8 Å². The van der Waals surface area contributed by atoms with Crippen LogP contribution in [0.2, 0.25) is 0 Å². The van der Waals surface area contributed by atoms with Crippen LogP contribution in [0.3, 0.4) is 0 Å². The summed E-state index contributed by atoms with van der Waals surface area (Å²) in [5, 5.41) is 0. The Labute approximate surface area is 185 Å². The molecule has 5 nitrogen and oxygen atoms in total. The molecule has 6 heteroatoms. The van der Waals surface area contributed by atoms with Crippen molar-refractivity contribution in [3.8, 4) is 22.8 Å². The highest BCUT2D eigenvalue weighted by Crippen LogP contribution is 2.32. The van der Waals surface area contributed by atoms with Gasteiger partial charge in [-0.1, -0.05) is 12.1 Å². The summed E-state index contributed by atoms with van der Waals surface area (Å²) < 4.78 is 18.8. The van der Waals surface area contributed by atoms with Crippen LogP contribution in [-0.2, 0) is 13.1 Å². The summed E-state index contributed by atoms with van der Waals surface area (Å²) in [7, 11) is 0. The Balaban J connectivity index is 1.31. The Morgan fingerprint density at radius 3 is 2.41 bits per heavy atom. The van der Waals surface area contributed by atoms with Crippen molar-refractivity contribution in [3.05, 3.63) is 107 Å². The van der Waals surface area contributed by atoms with Crippen LogP contribution in [0.1, 0.15) is 27.0 Å². The number of benzene rings is 3. The molecule has 0 unspecified atom stereocenters. The number of amides is 1. The number of aryl methyl sites for hydroxylation is 1. The van der Waals surface area contributed by atoms with Gasteiger partial charge in [-0.05, 0) is 72.1 Å². The highest BCUT2D eigenvalue weighted by atomic mass is 19.1. The zero-order chi connectivity index (χ0) is 22.1. The summed E-state index contributed by atoms with van der Waals surface area (Å²) in [6, 6.07) is 17.5. The Morgan fingerprint density at radius 2 is 1.72 bits per heavy atom. The van der Waals surface area contributed by atoms with E-state index in [1.54, 1.807) is 30.7 Å². The minimum atomic E-state index is -0.303. The molecule has 0 N–H and O–H groups in total. The molecular weight excluding hydrogens is 405 g/mol. The van der Waals surface area contributed by atoms with Crippen molar-refractivity contribution in [2.45, 2.75) is 20.0 Å². The topological polar surface area (TPSA) is 55.3 Å². The summed E-state index contributed by atoms with van der Waals surface area (Å²) in [6.45, 7) is 3.02. The van der Waals surface area contributed by atoms with E-state index in [9.17, 15) is 9.18 Å². The minimum absolute atomic E-state index is 0.0369. The Morgan fingerprint density at radius 1 is 1.00 bits per heavy atom. The number of hydrogen-bond donors (Lipinski definition) is 0. The maximum Gasteiger partial charge on any atom is 0.255 e. The van der Waals surface area contributed by atoms with Crippen molar-refractivity contribution in [3.63, 3.8) is 0 Å². The number of ether oxygens (including phenoxy) is 1. The molecule has 158 valence electrons. The smallest absolute Gasteiger partial charge is 0.255 e. The zero-order valence-corrected chi connectivity index (χ0v) is 17.5. The maximum absolute atomic E-state index is 13.0. The van der Waals surface area contributed by atoms with Crippen molar-refractivity contribution in [2.24, 2.45) is 0 Å². The van der Waals surface area contributed by atoms with E-state index in [0.717, 1.165) is 33.5 Å². The molecule has 3 aromatic carbocycles. The number of halogens is 1. The predicted molar refractivity (Wildman–Crippen MR) is 119 cm³/mol. The van der Waals surface area contributed by atoms with E-state index in [1.165, 1.54) is 12.1 Å². The van der Waals surface area contributed by atoms with Crippen molar-refractivity contribution in [1.29, 1.82) is 0 Å². The molecule has 0 saturated carbocycles. The number of carbonyl (C=O) groups excluding carboxylic acids is 1. The summed E-state index contributed by atoms with van der Waals surface area (Å²) in [6.07, 6.45) is 5.04. The molecule has 4 aromatic rings. The van der Waals surface area contributed by atoms with Gasteiger partial charge in [-0.2, -0.15) is 0 Å². The van der Waals surface area contributed by atoms with Gasteiger partial charge in [0.15, 0.2) is 0 Å². The van der Waals surface area contributed by atoms with Crippen LogP contribution in [0, 0.1) is 12.7 Å². The lowest BCUT2D eigenvalue weighted by Gasteiger charge is -2.16. The van der Waals surface area contributed by atoms with Crippen molar-refractivity contribution < 1.29 is 13.9 Å². The number of aromatic nitrogens is 2. The molecule has 0 bridgehead atoms. The van der Waals surface area contributed by atoms with Crippen LogP contribution in [0.5, 0.6) is 11.5 Å². The summed E-state index contributed by atoms with van der Waals surface area (Å²) in [5.41, 5.74) is 5.48. The van der Waals surface area contributed by atoms with Crippen LogP contribution in [0.25, 0.3) is 11.3 Å². The number of carbonyl (C=O) groups is 1. The molecule has 0 saturated heterocycles. The summed E-state index contributed by atoms with van der Waals surface area (Å²) >= 11 is 0. The third-order valence-corrected chi connectivity index (χ3v) is 5.48. The van der Waals surface area contributed by atoms with Gasteiger partial charge in [-0.15, -0.1) is 0 Å². The quantitative estimate of drug-likeness (QED) is 0.421. The fourth-order valence-corrected chi connectivity index (χ4v) is 3.97. The lowest BCUT2D eigenvalue weighted by molar-refractivity contribution is 0.0766. The molecule has 5 rings (SSSR count). The lowest BCUT2D eigenvalue weighted by atomic mass is 9.99. The van der Waals surface area contributed by atoms with E-state index >= 15 is 0 Å². The van der Waals surface area contributed by atoms with E-state index in [0.29, 0.717) is 24.6 Å². The van der Waals surface area contributed by atoms with Gasteiger partial charge in [0.1, 0.15) is 17.3 Å². The van der Waals surface area contributed by atoms with Gasteiger partial charge in [0, 0.05) is 36.6 Å². The molecule has 1 aromatic heterocycles. The highest BCUT2D eigenvalue weighted by Gasteiger charge is 2.29. The molecule has 0 atom stereocenters. The lowest BCUT2D eigenvalue weighted by Crippen LogP contribution is -2.23. The maximum atomic E-state index is 13.0. The zero-order valence-electron chi connectivity index (χ0n) is 17.5. The van der Waals surface area contributed by atoms with Gasteiger partial charge in [0.25, 0.3) is 5.91 Å². The Kier molecular flexibility index (Phi) is 5.11. The normalized spacial score (nSPS) is 12.7. The van der Waals surface area contributed by atoms with Crippen molar-refractivity contribution in [2.75, 3.05) is 0 Å². The van der Waals surface area contributed by atoms with E-state index in [4.69, 9.17) is 4.74 Å². The first-order valence-corrected chi connectivity index (χ1v) is 10.3. The predicted octanol–water partition coefficient (Wildman–Crippen LogP) is 5.54. The number of rotatable bonds is 5. The number of nitrogens with zero attached hydrogens (tertiary/aromatic N) is 3. The van der Waals surface area contributed by atoms with Crippen LogP contribution >= 0.6 is 0 Å². The molecule has 2 heterocycles. The average Bonchev–Trinajstić information content (AvgIpc) is 3.12. The molecule has 0 fully saturated rings. The fraction of sp³-hybridized carbons (Fsp3) is 0.115. The van der Waals surface area contributed by atoms with Gasteiger partial charge < -0.3 is 9.64 Å². The third-order valence-electron chi connectivity index (χ3n) is 5.48. The standard InChI is InChI=1S/C26H20FN3O2/c1-17-12-19(24-14-28-10-11-29-24)13-20-16-30(26(31)25(17)20)15-18-2-6-22(7-3-18)32-23-8-4-21(27)5-9-23/h2-14H,15-16H2,1H3. The third kappa shape index (κ3) is 3.95. The SMILES string of the molecule is Cc1cc(-c2cnccn2)cc2c1C(=O)N(Cc1ccc(Oc3ccc(F)cc3)cc1)C2. The molecule has 1 aliphatic rings. The molecule has 0 aliphatic carbocycles. The van der Waals surface area contributed by atoms with Crippen molar-refractivity contribution in [1.82, 2.24) is 14.9 Å². The first-order valence-electron chi connectivity index (χ1n) is 10.3. The number of hydrogen-bond acceptors (Lipinski definition) is 4. The fourth-order valence-electron chi connectivity index (χ4n) is 3.97. The second kappa shape index (κ2) is 8.23. The van der Waals surface area contributed by atoms with E-state index in [1.807, 2.05) is 48.2 Å². The van der Waals surface area contributed by atoms with Gasteiger partial charge in [-0.25, -0.2) is 4.39 Å². The molecular formula is C26H20FN3O2. The Bertz CT molecular complexity index is 1270. The van der Waals surface area contributed by atoms with E-state index in [2.05, 4.69) is 9.97 Å². The van der Waals surface area contributed by atoms with Crippen LogP contribution in [0.15, 0.2) is 79.3 Å². The number of fused-ring (bicyclic) bond motifs is 1. The molecule has 0 radical (unpaired) electrons. The van der Waals surface area contributed by atoms with Crippen molar-refractivity contribution >= 4 is 5.91 Å².